The normalized spacial score (nSPS) is 11.9. The molecular weight excluding hydrogens is 346 g/mol. The van der Waals surface area contributed by atoms with Gasteiger partial charge in [0.05, 0.1) is 11.8 Å². The lowest BCUT2D eigenvalue weighted by molar-refractivity contribution is -0.129. The van der Waals surface area contributed by atoms with E-state index in [2.05, 4.69) is 22.3 Å². The summed E-state index contributed by atoms with van der Waals surface area (Å²) in [5.74, 6) is 1.82. The zero-order valence-corrected chi connectivity index (χ0v) is 15.6. The minimum Gasteiger partial charge on any atom is -0.337 e. The molecule has 3 aromatic rings. The Balaban J connectivity index is 1.54. The SMILES string of the molecule is CC(SCc1ccccc1)C(=O)N(C)Cc1nc(-c2ccccc2)no1. The third-order valence-corrected chi connectivity index (χ3v) is 5.14. The molecule has 5 nitrogen and oxygen atoms in total. The van der Waals surface area contributed by atoms with Crippen LogP contribution >= 0.6 is 11.8 Å². The van der Waals surface area contributed by atoms with Gasteiger partial charge in [0, 0.05) is 18.4 Å². The van der Waals surface area contributed by atoms with E-state index in [1.165, 1.54) is 5.56 Å². The smallest absolute Gasteiger partial charge is 0.246 e. The van der Waals surface area contributed by atoms with E-state index in [4.69, 9.17) is 4.52 Å². The topological polar surface area (TPSA) is 59.2 Å². The van der Waals surface area contributed by atoms with Crippen molar-refractivity contribution in [3.63, 3.8) is 0 Å². The number of aromatic nitrogens is 2. The van der Waals surface area contributed by atoms with E-state index in [1.807, 2.05) is 55.5 Å². The van der Waals surface area contributed by atoms with Crippen LogP contribution in [-0.4, -0.2) is 33.2 Å². The molecule has 0 saturated carbocycles. The van der Waals surface area contributed by atoms with E-state index in [0.717, 1.165) is 11.3 Å². The Bertz CT molecular complexity index is 837. The van der Waals surface area contributed by atoms with E-state index in [0.29, 0.717) is 18.3 Å². The van der Waals surface area contributed by atoms with Crippen LogP contribution in [0.2, 0.25) is 0 Å². The number of hydrogen-bond acceptors (Lipinski definition) is 5. The van der Waals surface area contributed by atoms with Gasteiger partial charge in [-0.3, -0.25) is 4.79 Å². The fraction of sp³-hybridized carbons (Fsp3) is 0.250. The lowest BCUT2D eigenvalue weighted by Gasteiger charge is -2.19. The number of benzene rings is 2. The van der Waals surface area contributed by atoms with Crippen molar-refractivity contribution in [2.45, 2.75) is 24.5 Å². The minimum absolute atomic E-state index is 0.0467. The summed E-state index contributed by atoms with van der Waals surface area (Å²) in [6, 6.07) is 19.8. The molecule has 3 rings (SSSR count). The molecule has 1 amide bonds. The van der Waals surface area contributed by atoms with Crippen molar-refractivity contribution < 1.29 is 9.32 Å². The monoisotopic (exact) mass is 367 g/mol. The third-order valence-electron chi connectivity index (χ3n) is 3.94. The fourth-order valence-electron chi connectivity index (χ4n) is 2.48. The standard InChI is InChI=1S/C20H21N3O2S/c1-15(26-14-16-9-5-3-6-10-16)20(24)23(2)13-18-21-19(22-25-18)17-11-7-4-8-12-17/h3-12,15H,13-14H2,1-2H3. The number of amides is 1. The van der Waals surface area contributed by atoms with Crippen LogP contribution in [0.5, 0.6) is 0 Å². The van der Waals surface area contributed by atoms with Crippen molar-refractivity contribution >= 4 is 17.7 Å². The fourth-order valence-corrected chi connectivity index (χ4v) is 3.44. The van der Waals surface area contributed by atoms with Crippen molar-refractivity contribution in [1.29, 1.82) is 0 Å². The van der Waals surface area contributed by atoms with Gasteiger partial charge in [0.2, 0.25) is 17.6 Å². The first-order valence-electron chi connectivity index (χ1n) is 8.42. The highest BCUT2D eigenvalue weighted by molar-refractivity contribution is 7.99. The minimum atomic E-state index is -0.142. The Kier molecular flexibility index (Phi) is 6.07. The van der Waals surface area contributed by atoms with Crippen LogP contribution in [0.3, 0.4) is 0 Å². The lowest BCUT2D eigenvalue weighted by Crippen LogP contribution is -2.33. The van der Waals surface area contributed by atoms with Crippen LogP contribution < -0.4 is 0 Å². The number of carbonyl (C=O) groups is 1. The average Bonchev–Trinajstić information content (AvgIpc) is 3.15. The Morgan fingerprint density at radius 1 is 1.12 bits per heavy atom. The molecule has 0 aliphatic carbocycles. The molecule has 1 heterocycles. The molecule has 0 aliphatic heterocycles. The number of carbonyl (C=O) groups excluding carboxylic acids is 1. The highest BCUT2D eigenvalue weighted by Crippen LogP contribution is 2.20. The Morgan fingerprint density at radius 3 is 2.46 bits per heavy atom. The molecule has 0 saturated heterocycles. The highest BCUT2D eigenvalue weighted by atomic mass is 32.2. The molecule has 0 radical (unpaired) electrons. The predicted octanol–water partition coefficient (Wildman–Crippen LogP) is 4.02. The first-order chi connectivity index (χ1) is 12.6. The van der Waals surface area contributed by atoms with Crippen LogP contribution in [0.1, 0.15) is 18.4 Å². The molecular formula is C20H21N3O2S. The molecule has 0 spiro atoms. The number of rotatable bonds is 7. The highest BCUT2D eigenvalue weighted by Gasteiger charge is 2.20. The van der Waals surface area contributed by atoms with Crippen molar-refractivity contribution in [1.82, 2.24) is 15.0 Å². The van der Waals surface area contributed by atoms with Crippen LogP contribution in [0.25, 0.3) is 11.4 Å². The first kappa shape index (κ1) is 18.2. The van der Waals surface area contributed by atoms with Gasteiger partial charge in [-0.25, -0.2) is 0 Å². The van der Waals surface area contributed by atoms with Crippen molar-refractivity contribution in [2.24, 2.45) is 0 Å². The molecule has 1 aromatic heterocycles. The molecule has 0 N–H and O–H groups in total. The second kappa shape index (κ2) is 8.67. The van der Waals surface area contributed by atoms with E-state index < -0.39 is 0 Å². The lowest BCUT2D eigenvalue weighted by atomic mass is 10.2. The summed E-state index contributed by atoms with van der Waals surface area (Å²) in [5, 5.41) is 3.85. The number of hydrogen-bond donors (Lipinski definition) is 0. The van der Waals surface area contributed by atoms with E-state index >= 15 is 0 Å². The predicted molar refractivity (Wildman–Crippen MR) is 103 cm³/mol. The van der Waals surface area contributed by atoms with Gasteiger partial charge in [-0.1, -0.05) is 65.8 Å². The van der Waals surface area contributed by atoms with Gasteiger partial charge >= 0.3 is 0 Å². The molecule has 0 fully saturated rings. The molecule has 0 aliphatic rings. The second-order valence-corrected chi connectivity index (χ2v) is 7.34. The molecule has 1 atom stereocenters. The summed E-state index contributed by atoms with van der Waals surface area (Å²) in [7, 11) is 1.76. The maximum Gasteiger partial charge on any atom is 0.246 e. The summed E-state index contributed by atoms with van der Waals surface area (Å²) in [6.07, 6.45) is 0. The summed E-state index contributed by atoms with van der Waals surface area (Å²) in [4.78, 5) is 18.6. The van der Waals surface area contributed by atoms with Gasteiger partial charge in [-0.2, -0.15) is 4.98 Å². The van der Waals surface area contributed by atoms with Gasteiger partial charge in [-0.15, -0.1) is 11.8 Å². The average molecular weight is 367 g/mol. The van der Waals surface area contributed by atoms with Gasteiger partial charge in [0.25, 0.3) is 0 Å². The van der Waals surface area contributed by atoms with Crippen molar-refractivity contribution in [2.75, 3.05) is 7.05 Å². The maximum absolute atomic E-state index is 12.6. The largest absolute Gasteiger partial charge is 0.337 e. The third kappa shape index (κ3) is 4.73. The Hall–Kier alpha value is -2.60. The molecule has 26 heavy (non-hydrogen) atoms. The molecule has 0 bridgehead atoms. The first-order valence-corrected chi connectivity index (χ1v) is 9.47. The summed E-state index contributed by atoms with van der Waals surface area (Å²) >= 11 is 1.62. The maximum atomic E-state index is 12.6. The van der Waals surface area contributed by atoms with Gasteiger partial charge in [-0.05, 0) is 12.5 Å². The van der Waals surface area contributed by atoms with Crippen LogP contribution in [0.15, 0.2) is 65.2 Å². The van der Waals surface area contributed by atoms with Gasteiger partial charge < -0.3 is 9.42 Å². The zero-order chi connectivity index (χ0) is 18.4. The zero-order valence-electron chi connectivity index (χ0n) is 14.8. The van der Waals surface area contributed by atoms with Gasteiger partial charge in [0.15, 0.2) is 0 Å². The van der Waals surface area contributed by atoms with Gasteiger partial charge in [0.1, 0.15) is 0 Å². The van der Waals surface area contributed by atoms with Crippen LogP contribution in [0, 0.1) is 0 Å². The quantitative estimate of drug-likeness (QED) is 0.631. The number of thioether (sulfide) groups is 1. The molecule has 6 heteroatoms. The summed E-state index contributed by atoms with van der Waals surface area (Å²) < 4.78 is 5.29. The van der Waals surface area contributed by atoms with Crippen molar-refractivity contribution in [3.8, 4) is 11.4 Å². The van der Waals surface area contributed by atoms with E-state index in [9.17, 15) is 4.79 Å². The van der Waals surface area contributed by atoms with E-state index in [1.54, 1.807) is 23.7 Å². The van der Waals surface area contributed by atoms with Crippen molar-refractivity contribution in [3.05, 3.63) is 72.1 Å². The Morgan fingerprint density at radius 2 is 1.77 bits per heavy atom. The van der Waals surface area contributed by atoms with Crippen LogP contribution in [0.4, 0.5) is 0 Å². The molecule has 134 valence electrons. The molecule has 2 aromatic carbocycles. The summed E-state index contributed by atoms with van der Waals surface area (Å²) in [5.41, 5.74) is 2.10. The van der Waals surface area contributed by atoms with E-state index in [-0.39, 0.29) is 11.2 Å². The van der Waals surface area contributed by atoms with Crippen LogP contribution in [-0.2, 0) is 17.1 Å². The number of nitrogens with zero attached hydrogens (tertiary/aromatic N) is 3. The second-order valence-electron chi connectivity index (χ2n) is 6.01. The summed E-state index contributed by atoms with van der Waals surface area (Å²) in [6.45, 7) is 2.23. The molecule has 1 unspecified atom stereocenters. The Labute approximate surface area is 157 Å².